The Hall–Kier alpha value is -3.39. The predicted octanol–water partition coefficient (Wildman–Crippen LogP) is 3.59. The second-order valence-corrected chi connectivity index (χ2v) is 9.97. The number of furan rings is 1. The van der Waals surface area contributed by atoms with Crippen molar-refractivity contribution in [1.82, 2.24) is 19.6 Å². The predicted molar refractivity (Wildman–Crippen MR) is 135 cm³/mol. The number of ether oxygens (including phenoxy) is 4. The Morgan fingerprint density at radius 2 is 1.94 bits per heavy atom. The van der Waals surface area contributed by atoms with Crippen molar-refractivity contribution in [3.63, 3.8) is 0 Å². The van der Waals surface area contributed by atoms with E-state index in [1.807, 2.05) is 18.2 Å². The fourth-order valence-corrected chi connectivity index (χ4v) is 5.65. The molecule has 1 aromatic carbocycles. The molecule has 1 saturated heterocycles. The molecule has 4 aromatic heterocycles. The van der Waals surface area contributed by atoms with E-state index in [0.29, 0.717) is 57.6 Å². The molecular weight excluding hydrogens is 506 g/mol. The minimum atomic E-state index is -0.0969. The molecule has 0 radical (unpaired) electrons. The Morgan fingerprint density at radius 1 is 1.08 bits per heavy atom. The Bertz CT molecular complexity index is 1480. The van der Waals surface area contributed by atoms with Crippen LogP contribution in [0.1, 0.15) is 10.6 Å². The monoisotopic (exact) mass is 529 g/mol. The number of aromatic nitrogens is 4. The van der Waals surface area contributed by atoms with E-state index in [9.17, 15) is 5.11 Å². The molecule has 6 rings (SSSR count). The number of aliphatic hydroxyl groups is 1. The maximum Gasteiger partial charge on any atom is 0.294 e. The van der Waals surface area contributed by atoms with E-state index in [4.69, 9.17) is 28.3 Å². The zero-order valence-electron chi connectivity index (χ0n) is 19.6. The summed E-state index contributed by atoms with van der Waals surface area (Å²) in [6, 6.07) is 5.51. The molecule has 1 aliphatic rings. The number of nitrogens with zero attached hydrogens (tertiary/aromatic N) is 5. The quantitative estimate of drug-likeness (QED) is 0.320. The third kappa shape index (κ3) is 4.23. The minimum absolute atomic E-state index is 0.0969. The van der Waals surface area contributed by atoms with Crippen molar-refractivity contribution in [2.45, 2.75) is 13.2 Å². The van der Waals surface area contributed by atoms with Crippen LogP contribution in [0.15, 0.2) is 28.8 Å². The third-order valence-electron chi connectivity index (χ3n) is 5.82. The summed E-state index contributed by atoms with van der Waals surface area (Å²) in [6.07, 6.45) is 1.79. The summed E-state index contributed by atoms with van der Waals surface area (Å²) in [5.41, 5.74) is 1.96. The zero-order valence-corrected chi connectivity index (χ0v) is 21.2. The lowest BCUT2D eigenvalue weighted by Gasteiger charge is -2.26. The number of aliphatic hydroxyl groups excluding tert-OH is 1. The summed E-state index contributed by atoms with van der Waals surface area (Å²) >= 11 is 2.83. The van der Waals surface area contributed by atoms with Gasteiger partial charge in [-0.1, -0.05) is 11.3 Å². The molecular formula is C23H23N5O6S2. The van der Waals surface area contributed by atoms with E-state index in [-0.39, 0.29) is 13.2 Å². The van der Waals surface area contributed by atoms with E-state index in [1.54, 1.807) is 24.9 Å². The summed E-state index contributed by atoms with van der Waals surface area (Å²) in [5, 5.41) is 16.4. The van der Waals surface area contributed by atoms with Gasteiger partial charge in [-0.2, -0.15) is 0 Å². The van der Waals surface area contributed by atoms with Gasteiger partial charge in [0.15, 0.2) is 10.9 Å². The first-order valence-corrected chi connectivity index (χ1v) is 12.9. The number of hydrogen-bond donors (Lipinski definition) is 1. The van der Waals surface area contributed by atoms with Gasteiger partial charge in [0.1, 0.15) is 29.4 Å². The number of anilines is 1. The third-order valence-corrected chi connectivity index (χ3v) is 7.84. The summed E-state index contributed by atoms with van der Waals surface area (Å²) in [6.45, 7) is 3.00. The number of imidazole rings is 1. The highest BCUT2D eigenvalue weighted by Gasteiger charge is 2.20. The van der Waals surface area contributed by atoms with E-state index < -0.39 is 0 Å². The van der Waals surface area contributed by atoms with Crippen molar-refractivity contribution in [2.24, 2.45) is 0 Å². The van der Waals surface area contributed by atoms with Crippen molar-refractivity contribution in [3.05, 3.63) is 35.0 Å². The summed E-state index contributed by atoms with van der Waals surface area (Å²) in [4.78, 5) is 13.0. The van der Waals surface area contributed by atoms with Crippen LogP contribution in [0.2, 0.25) is 0 Å². The van der Waals surface area contributed by atoms with E-state index in [2.05, 4.69) is 15.0 Å². The lowest BCUT2D eigenvalue weighted by Crippen LogP contribution is -2.36. The first kappa shape index (κ1) is 23.0. The maximum absolute atomic E-state index is 9.90. The van der Waals surface area contributed by atoms with Crippen LogP contribution in [0.25, 0.3) is 27.4 Å². The molecule has 1 N–H and O–H groups in total. The van der Waals surface area contributed by atoms with E-state index >= 15 is 0 Å². The number of methoxy groups -OCH3 is 2. The van der Waals surface area contributed by atoms with Crippen LogP contribution in [0, 0.1) is 0 Å². The van der Waals surface area contributed by atoms with Crippen LogP contribution < -0.4 is 19.1 Å². The molecule has 188 valence electrons. The number of hydrogen-bond acceptors (Lipinski definition) is 12. The fourth-order valence-electron chi connectivity index (χ4n) is 3.97. The summed E-state index contributed by atoms with van der Waals surface area (Å²) in [7, 11) is 3.17. The molecule has 0 unspecified atom stereocenters. The Balaban J connectivity index is 1.30. The molecule has 5 aromatic rings. The average Bonchev–Trinajstić information content (AvgIpc) is 3.68. The van der Waals surface area contributed by atoms with Crippen LogP contribution in [0.4, 0.5) is 5.13 Å². The molecule has 1 fully saturated rings. The average molecular weight is 530 g/mol. The highest BCUT2D eigenvalue weighted by atomic mass is 32.1. The summed E-state index contributed by atoms with van der Waals surface area (Å²) < 4.78 is 30.1. The lowest BCUT2D eigenvalue weighted by atomic mass is 10.2. The van der Waals surface area contributed by atoms with Crippen LogP contribution in [0.3, 0.4) is 0 Å². The second-order valence-electron chi connectivity index (χ2n) is 7.99. The van der Waals surface area contributed by atoms with Gasteiger partial charge < -0.3 is 33.4 Å². The van der Waals surface area contributed by atoms with Gasteiger partial charge in [-0.15, -0.1) is 5.10 Å². The van der Waals surface area contributed by atoms with E-state index in [1.165, 1.54) is 22.7 Å². The van der Waals surface area contributed by atoms with Crippen molar-refractivity contribution in [1.29, 1.82) is 0 Å². The van der Waals surface area contributed by atoms with Gasteiger partial charge in [-0.25, -0.2) is 14.5 Å². The molecule has 0 saturated carbocycles. The highest BCUT2D eigenvalue weighted by molar-refractivity contribution is 7.18. The van der Waals surface area contributed by atoms with Crippen molar-refractivity contribution >= 4 is 43.7 Å². The Morgan fingerprint density at radius 3 is 2.69 bits per heavy atom. The molecule has 0 bridgehead atoms. The number of benzene rings is 1. The SMILES string of the molecule is COc1cc(OCc2nc(N3CCOCC3)sc2CO)c2cc(-c3cn4nc(OC)sc4n3)oc2c1. The summed E-state index contributed by atoms with van der Waals surface area (Å²) in [5.74, 6) is 1.77. The Labute approximate surface area is 213 Å². The molecule has 0 aliphatic carbocycles. The topological polar surface area (TPSA) is 117 Å². The van der Waals surface area contributed by atoms with Gasteiger partial charge in [-0.05, 0) is 17.4 Å². The van der Waals surface area contributed by atoms with Gasteiger partial charge in [0.25, 0.3) is 5.19 Å². The standard InChI is InChI=1S/C23H23N5O6S2/c1-30-13-7-17(33-12-16-20(11-29)35-21(25-16)27-3-5-32-6-4-27)14-9-19(34-18(14)8-13)15-10-28-22(24-15)36-23(26-28)31-2/h7-10,29H,3-6,11-12H2,1-2H3. The molecule has 0 amide bonds. The number of thiazole rings is 1. The molecule has 1 aliphatic heterocycles. The first-order valence-electron chi connectivity index (χ1n) is 11.2. The van der Waals surface area contributed by atoms with Crippen molar-refractivity contribution in [2.75, 3.05) is 45.4 Å². The van der Waals surface area contributed by atoms with Crippen LogP contribution in [0.5, 0.6) is 16.7 Å². The molecule has 11 nitrogen and oxygen atoms in total. The lowest BCUT2D eigenvalue weighted by molar-refractivity contribution is 0.122. The van der Waals surface area contributed by atoms with Gasteiger partial charge in [-0.3, -0.25) is 0 Å². The number of morpholine rings is 1. The smallest absolute Gasteiger partial charge is 0.294 e. The van der Waals surface area contributed by atoms with Crippen molar-refractivity contribution < 1.29 is 28.5 Å². The second kappa shape index (κ2) is 9.58. The largest absolute Gasteiger partial charge is 0.496 e. The van der Waals surface area contributed by atoms with Crippen molar-refractivity contribution in [3.8, 4) is 28.1 Å². The number of rotatable bonds is 8. The van der Waals surface area contributed by atoms with Crippen LogP contribution in [-0.2, 0) is 18.0 Å². The van der Waals surface area contributed by atoms with Gasteiger partial charge >= 0.3 is 0 Å². The van der Waals surface area contributed by atoms with Crippen LogP contribution in [-0.4, -0.2) is 65.2 Å². The van der Waals surface area contributed by atoms with Crippen LogP contribution >= 0.6 is 22.7 Å². The molecule has 5 heterocycles. The Kier molecular flexibility index (Phi) is 6.13. The van der Waals surface area contributed by atoms with Gasteiger partial charge in [0.05, 0.1) is 56.2 Å². The minimum Gasteiger partial charge on any atom is -0.496 e. The highest BCUT2D eigenvalue weighted by Crippen LogP contribution is 2.38. The van der Waals surface area contributed by atoms with E-state index in [0.717, 1.165) is 28.5 Å². The van der Waals surface area contributed by atoms with Gasteiger partial charge in [0, 0.05) is 25.2 Å². The molecule has 13 heteroatoms. The molecule has 0 atom stereocenters. The zero-order chi connectivity index (χ0) is 24.6. The first-order chi connectivity index (χ1) is 17.6. The normalized spacial score (nSPS) is 14.1. The molecule has 0 spiro atoms. The van der Waals surface area contributed by atoms with Gasteiger partial charge in [0.2, 0.25) is 4.96 Å². The fraction of sp³-hybridized carbons (Fsp3) is 0.348. The molecule has 36 heavy (non-hydrogen) atoms. The maximum atomic E-state index is 9.90. The number of fused-ring (bicyclic) bond motifs is 2.